The largest absolute Gasteiger partial charge is 0.481 e. The summed E-state index contributed by atoms with van der Waals surface area (Å²) in [6, 6.07) is 0. The summed E-state index contributed by atoms with van der Waals surface area (Å²) in [4.78, 5) is 33.2. The van der Waals surface area contributed by atoms with Crippen LogP contribution in [0.15, 0.2) is 6.20 Å². The molecule has 0 unspecified atom stereocenters. The van der Waals surface area contributed by atoms with Crippen molar-refractivity contribution < 1.29 is 24.2 Å². The summed E-state index contributed by atoms with van der Waals surface area (Å²) in [5.41, 5.74) is 0.0816. The molecule has 8 heteroatoms. The molecule has 8 nitrogen and oxygen atoms in total. The highest BCUT2D eigenvalue weighted by atomic mass is 16.5. The molecule has 0 bridgehead atoms. The van der Waals surface area contributed by atoms with E-state index < -0.39 is 24.3 Å². The Morgan fingerprint density at radius 3 is 2.72 bits per heavy atom. The first-order valence-corrected chi connectivity index (χ1v) is 5.16. The third-order valence-electron chi connectivity index (χ3n) is 2.00. The molecule has 0 aliphatic carbocycles. The van der Waals surface area contributed by atoms with Crippen LogP contribution >= 0.6 is 0 Å². The number of rotatable bonds is 5. The summed E-state index contributed by atoms with van der Waals surface area (Å²) < 4.78 is 6.04. The second kappa shape index (κ2) is 5.80. The number of aliphatic carboxylic acids is 1. The topological polar surface area (TPSA) is 111 Å². The van der Waals surface area contributed by atoms with Crippen LogP contribution in [0.25, 0.3) is 0 Å². The third kappa shape index (κ3) is 3.30. The molecule has 0 atom stereocenters. The summed E-state index contributed by atoms with van der Waals surface area (Å²) in [5.74, 6) is -2.51. The third-order valence-corrected chi connectivity index (χ3v) is 2.00. The predicted molar refractivity (Wildman–Crippen MR) is 60.0 cm³/mol. The van der Waals surface area contributed by atoms with Gasteiger partial charge in [-0.15, -0.1) is 0 Å². The van der Waals surface area contributed by atoms with Gasteiger partial charge in [0, 0.05) is 7.05 Å². The number of anilines is 1. The number of aryl methyl sites for hydroxylation is 1. The standard InChI is InChI=1S/C10H13N3O5/c1-3-18-10(17)6-5-11-13(2)9(6)12-7(14)4-8(15)16/h5H,3-4H2,1-2H3,(H,12,14)(H,15,16). The van der Waals surface area contributed by atoms with Crippen molar-refractivity contribution in [3.05, 3.63) is 11.8 Å². The van der Waals surface area contributed by atoms with Crippen molar-refractivity contribution >= 4 is 23.7 Å². The van der Waals surface area contributed by atoms with Crippen LogP contribution in [0, 0.1) is 0 Å². The van der Waals surface area contributed by atoms with Crippen LogP contribution in [-0.4, -0.2) is 39.3 Å². The molecule has 0 aliphatic heterocycles. The lowest BCUT2D eigenvalue weighted by atomic mass is 10.3. The molecular formula is C10H13N3O5. The molecule has 98 valence electrons. The van der Waals surface area contributed by atoms with Crippen LogP contribution in [0.4, 0.5) is 5.82 Å². The minimum Gasteiger partial charge on any atom is -0.481 e. The van der Waals surface area contributed by atoms with Gasteiger partial charge >= 0.3 is 11.9 Å². The quantitative estimate of drug-likeness (QED) is 0.566. The van der Waals surface area contributed by atoms with E-state index in [2.05, 4.69) is 10.4 Å². The van der Waals surface area contributed by atoms with E-state index in [-0.39, 0.29) is 18.0 Å². The predicted octanol–water partition coefficient (Wildman–Crippen LogP) is 0.01000. The Labute approximate surface area is 103 Å². The lowest BCUT2D eigenvalue weighted by molar-refractivity contribution is -0.139. The maximum atomic E-state index is 11.5. The number of nitrogens with zero attached hydrogens (tertiary/aromatic N) is 2. The molecule has 0 saturated carbocycles. The summed E-state index contributed by atoms with van der Waals surface area (Å²) >= 11 is 0. The maximum absolute atomic E-state index is 11.5. The van der Waals surface area contributed by atoms with Crippen molar-refractivity contribution in [2.24, 2.45) is 7.05 Å². The molecule has 0 radical (unpaired) electrons. The summed E-state index contributed by atoms with van der Waals surface area (Å²) in [7, 11) is 1.51. The first-order chi connectivity index (χ1) is 8.45. The number of carboxylic acids is 1. The van der Waals surface area contributed by atoms with Crippen molar-refractivity contribution in [1.29, 1.82) is 0 Å². The zero-order valence-electron chi connectivity index (χ0n) is 9.97. The lowest BCUT2D eigenvalue weighted by Crippen LogP contribution is -2.20. The Hall–Kier alpha value is -2.38. The van der Waals surface area contributed by atoms with Gasteiger partial charge < -0.3 is 15.2 Å². The van der Waals surface area contributed by atoms with Crippen LogP contribution in [0.2, 0.25) is 0 Å². The van der Waals surface area contributed by atoms with E-state index in [1.54, 1.807) is 6.92 Å². The maximum Gasteiger partial charge on any atom is 0.343 e. The number of ether oxygens (including phenoxy) is 1. The van der Waals surface area contributed by atoms with Crippen molar-refractivity contribution in [2.75, 3.05) is 11.9 Å². The molecule has 0 spiro atoms. The Morgan fingerprint density at radius 2 is 2.17 bits per heavy atom. The number of hydrogen-bond acceptors (Lipinski definition) is 5. The van der Waals surface area contributed by atoms with E-state index in [9.17, 15) is 14.4 Å². The lowest BCUT2D eigenvalue weighted by Gasteiger charge is -2.06. The van der Waals surface area contributed by atoms with Crippen molar-refractivity contribution in [2.45, 2.75) is 13.3 Å². The fraction of sp³-hybridized carbons (Fsp3) is 0.400. The van der Waals surface area contributed by atoms with E-state index >= 15 is 0 Å². The highest BCUT2D eigenvalue weighted by Gasteiger charge is 2.19. The summed E-state index contributed by atoms with van der Waals surface area (Å²) in [6.45, 7) is 1.84. The van der Waals surface area contributed by atoms with Gasteiger partial charge in [0.1, 0.15) is 17.8 Å². The Bertz CT molecular complexity index is 480. The molecule has 0 saturated heterocycles. The zero-order valence-corrected chi connectivity index (χ0v) is 9.97. The van der Waals surface area contributed by atoms with Crippen LogP contribution in [0.3, 0.4) is 0 Å². The van der Waals surface area contributed by atoms with Crippen LogP contribution < -0.4 is 5.32 Å². The second-order valence-electron chi connectivity index (χ2n) is 3.37. The monoisotopic (exact) mass is 255 g/mol. The molecule has 1 aromatic heterocycles. The van der Waals surface area contributed by atoms with E-state index in [1.165, 1.54) is 17.9 Å². The molecular weight excluding hydrogens is 242 g/mol. The molecule has 0 aliphatic rings. The van der Waals surface area contributed by atoms with Gasteiger partial charge in [0.25, 0.3) is 0 Å². The average molecular weight is 255 g/mol. The molecule has 0 fully saturated rings. The minimum atomic E-state index is -1.26. The first-order valence-electron chi connectivity index (χ1n) is 5.16. The number of nitrogens with one attached hydrogen (secondary N) is 1. The van der Waals surface area contributed by atoms with Gasteiger partial charge in [-0.3, -0.25) is 14.3 Å². The number of amides is 1. The van der Waals surface area contributed by atoms with Gasteiger partial charge in [0.2, 0.25) is 5.91 Å². The van der Waals surface area contributed by atoms with E-state index in [0.717, 1.165) is 0 Å². The number of carbonyl (C=O) groups excluding carboxylic acids is 2. The van der Waals surface area contributed by atoms with E-state index in [4.69, 9.17) is 9.84 Å². The number of hydrogen-bond donors (Lipinski definition) is 2. The number of carboxylic acid groups (broad SMARTS) is 1. The number of carbonyl (C=O) groups is 3. The van der Waals surface area contributed by atoms with Gasteiger partial charge in [-0.05, 0) is 6.92 Å². The van der Waals surface area contributed by atoms with E-state index in [1.807, 2.05) is 0 Å². The Balaban J connectivity index is 2.87. The SMILES string of the molecule is CCOC(=O)c1cnn(C)c1NC(=O)CC(=O)O. The smallest absolute Gasteiger partial charge is 0.343 e. The molecule has 1 heterocycles. The van der Waals surface area contributed by atoms with Gasteiger partial charge in [0.05, 0.1) is 12.8 Å². The normalized spacial score (nSPS) is 9.89. The summed E-state index contributed by atoms with van der Waals surface area (Å²) in [5, 5.41) is 14.6. The van der Waals surface area contributed by atoms with Gasteiger partial charge in [-0.1, -0.05) is 0 Å². The second-order valence-corrected chi connectivity index (χ2v) is 3.37. The van der Waals surface area contributed by atoms with Crippen molar-refractivity contribution in [3.63, 3.8) is 0 Å². The minimum absolute atomic E-state index is 0.0816. The average Bonchev–Trinajstić information content (AvgIpc) is 2.60. The van der Waals surface area contributed by atoms with Crippen molar-refractivity contribution in [3.8, 4) is 0 Å². The van der Waals surface area contributed by atoms with Gasteiger partial charge in [-0.25, -0.2) is 4.79 Å². The highest BCUT2D eigenvalue weighted by Crippen LogP contribution is 2.15. The highest BCUT2D eigenvalue weighted by molar-refractivity contribution is 6.04. The fourth-order valence-electron chi connectivity index (χ4n) is 1.26. The Morgan fingerprint density at radius 1 is 1.50 bits per heavy atom. The fourth-order valence-corrected chi connectivity index (χ4v) is 1.26. The number of esters is 1. The molecule has 18 heavy (non-hydrogen) atoms. The summed E-state index contributed by atoms with van der Waals surface area (Å²) in [6.07, 6.45) is 0.557. The number of aromatic nitrogens is 2. The first kappa shape index (κ1) is 13.7. The molecule has 0 aromatic carbocycles. The van der Waals surface area contributed by atoms with Crippen molar-refractivity contribution in [1.82, 2.24) is 9.78 Å². The molecule has 1 amide bonds. The van der Waals surface area contributed by atoms with Crippen LogP contribution in [-0.2, 0) is 21.4 Å². The van der Waals surface area contributed by atoms with Gasteiger partial charge in [-0.2, -0.15) is 5.10 Å². The van der Waals surface area contributed by atoms with Crippen LogP contribution in [0.5, 0.6) is 0 Å². The molecule has 2 N–H and O–H groups in total. The molecule has 1 aromatic rings. The Kier molecular flexibility index (Phi) is 4.41. The molecule has 1 rings (SSSR count). The van der Waals surface area contributed by atoms with Crippen LogP contribution in [0.1, 0.15) is 23.7 Å². The van der Waals surface area contributed by atoms with Gasteiger partial charge in [0.15, 0.2) is 0 Å². The zero-order chi connectivity index (χ0) is 13.7. The van der Waals surface area contributed by atoms with E-state index in [0.29, 0.717) is 0 Å².